The Balaban J connectivity index is 2.70. The lowest BCUT2D eigenvalue weighted by Gasteiger charge is -1.99. The third kappa shape index (κ3) is 7.66. The normalized spacial score (nSPS) is 9.70. The average Bonchev–Trinajstić information content (AvgIpc) is 1.97. The molecule has 0 aliphatic carbocycles. The molecule has 0 spiro atoms. The zero-order chi connectivity index (χ0) is 7.66. The van der Waals surface area contributed by atoms with E-state index in [-0.39, 0.29) is 0 Å². The van der Waals surface area contributed by atoms with Crippen LogP contribution in [0.4, 0.5) is 0 Å². The lowest BCUT2D eigenvalue weighted by atomic mass is 10.3. The van der Waals surface area contributed by atoms with Gasteiger partial charge in [0.1, 0.15) is 0 Å². The molecule has 0 saturated carbocycles. The maximum atomic E-state index is 4.90. The Morgan fingerprint density at radius 1 is 1.50 bits per heavy atom. The van der Waals surface area contributed by atoms with Crippen LogP contribution in [0.1, 0.15) is 12.8 Å². The zero-order valence-electron chi connectivity index (χ0n) is 6.73. The first-order valence-corrected chi connectivity index (χ1v) is 3.72. The zero-order valence-corrected chi connectivity index (χ0v) is 6.73. The number of rotatable bonds is 7. The van der Waals surface area contributed by atoms with Crippen molar-refractivity contribution >= 4 is 0 Å². The van der Waals surface area contributed by atoms with Gasteiger partial charge >= 0.3 is 0 Å². The minimum Gasteiger partial charge on any atom is -0.385 e. The van der Waals surface area contributed by atoms with E-state index in [1.165, 1.54) is 6.42 Å². The Labute approximate surface area is 63.3 Å². The molecule has 0 radical (unpaired) electrons. The molecule has 0 aromatic heterocycles. The van der Waals surface area contributed by atoms with Gasteiger partial charge in [-0.2, -0.15) is 0 Å². The van der Waals surface area contributed by atoms with Gasteiger partial charge in [0, 0.05) is 20.3 Å². The largest absolute Gasteiger partial charge is 0.385 e. The fourth-order valence-corrected chi connectivity index (χ4v) is 0.701. The molecule has 0 aliphatic rings. The van der Waals surface area contributed by atoms with E-state index in [1.807, 2.05) is 6.08 Å². The number of ether oxygens (including phenoxy) is 1. The van der Waals surface area contributed by atoms with Crippen molar-refractivity contribution in [2.24, 2.45) is 0 Å². The van der Waals surface area contributed by atoms with E-state index in [2.05, 4.69) is 11.9 Å². The second-order valence-corrected chi connectivity index (χ2v) is 2.19. The van der Waals surface area contributed by atoms with Crippen molar-refractivity contribution in [1.29, 1.82) is 0 Å². The maximum Gasteiger partial charge on any atom is 0.0462 e. The Morgan fingerprint density at radius 2 is 2.30 bits per heavy atom. The standard InChI is InChI=1S/C8H17NO/c1-3-6-9-7-4-5-8-10-2/h3,9H,1,4-8H2,2H3. The van der Waals surface area contributed by atoms with Crippen molar-refractivity contribution in [3.05, 3.63) is 12.7 Å². The van der Waals surface area contributed by atoms with Crippen LogP contribution in [0.5, 0.6) is 0 Å². The van der Waals surface area contributed by atoms with Crippen molar-refractivity contribution < 1.29 is 4.74 Å². The minimum absolute atomic E-state index is 0.871. The highest BCUT2D eigenvalue weighted by Crippen LogP contribution is 1.85. The van der Waals surface area contributed by atoms with Gasteiger partial charge in [-0.1, -0.05) is 6.08 Å². The molecule has 0 bridgehead atoms. The minimum atomic E-state index is 0.871. The summed E-state index contributed by atoms with van der Waals surface area (Å²) in [5.41, 5.74) is 0. The van der Waals surface area contributed by atoms with E-state index in [4.69, 9.17) is 4.74 Å². The molecule has 0 fully saturated rings. The van der Waals surface area contributed by atoms with Crippen LogP contribution in [-0.2, 0) is 4.74 Å². The first-order valence-electron chi connectivity index (χ1n) is 3.72. The molecule has 0 atom stereocenters. The molecule has 0 aromatic rings. The third-order valence-electron chi connectivity index (χ3n) is 1.24. The SMILES string of the molecule is C=CCNCCCCOC. The molecule has 1 N–H and O–H groups in total. The van der Waals surface area contributed by atoms with Crippen molar-refractivity contribution in [2.75, 3.05) is 26.8 Å². The van der Waals surface area contributed by atoms with Gasteiger partial charge in [-0.15, -0.1) is 6.58 Å². The molecular weight excluding hydrogens is 126 g/mol. The topological polar surface area (TPSA) is 21.3 Å². The summed E-state index contributed by atoms with van der Waals surface area (Å²) in [6.07, 6.45) is 4.19. The van der Waals surface area contributed by atoms with Gasteiger partial charge in [0.2, 0.25) is 0 Å². The highest BCUT2D eigenvalue weighted by molar-refractivity contribution is 4.68. The molecule has 0 unspecified atom stereocenters. The Kier molecular flexibility index (Phi) is 8.37. The van der Waals surface area contributed by atoms with Crippen LogP contribution in [0.3, 0.4) is 0 Å². The summed E-state index contributed by atoms with van der Waals surface area (Å²) in [6, 6.07) is 0. The van der Waals surface area contributed by atoms with Crippen molar-refractivity contribution in [2.45, 2.75) is 12.8 Å². The van der Waals surface area contributed by atoms with Crippen LogP contribution in [0.15, 0.2) is 12.7 Å². The van der Waals surface area contributed by atoms with Crippen LogP contribution < -0.4 is 5.32 Å². The van der Waals surface area contributed by atoms with Gasteiger partial charge < -0.3 is 10.1 Å². The number of methoxy groups -OCH3 is 1. The van der Waals surface area contributed by atoms with Gasteiger partial charge in [0.25, 0.3) is 0 Å². The van der Waals surface area contributed by atoms with Crippen LogP contribution in [0, 0.1) is 0 Å². The first kappa shape index (κ1) is 9.66. The lowest BCUT2D eigenvalue weighted by Crippen LogP contribution is -2.14. The smallest absolute Gasteiger partial charge is 0.0462 e. The Morgan fingerprint density at radius 3 is 2.90 bits per heavy atom. The van der Waals surface area contributed by atoms with Gasteiger partial charge in [-0.25, -0.2) is 0 Å². The molecular formula is C8H17NO. The lowest BCUT2D eigenvalue weighted by molar-refractivity contribution is 0.193. The van der Waals surface area contributed by atoms with E-state index < -0.39 is 0 Å². The summed E-state index contributed by atoms with van der Waals surface area (Å²) in [5, 5.41) is 3.22. The summed E-state index contributed by atoms with van der Waals surface area (Å²) in [4.78, 5) is 0. The Hall–Kier alpha value is -0.340. The molecule has 0 aromatic carbocycles. The third-order valence-corrected chi connectivity index (χ3v) is 1.24. The first-order chi connectivity index (χ1) is 4.91. The Bertz CT molecular complexity index is 73.7. The van der Waals surface area contributed by atoms with E-state index >= 15 is 0 Å². The van der Waals surface area contributed by atoms with Crippen molar-refractivity contribution in [3.63, 3.8) is 0 Å². The number of hydrogen-bond donors (Lipinski definition) is 1. The molecule has 0 heterocycles. The molecule has 10 heavy (non-hydrogen) atoms. The van der Waals surface area contributed by atoms with Gasteiger partial charge in [0.05, 0.1) is 0 Å². The number of unbranched alkanes of at least 4 members (excludes halogenated alkanes) is 1. The molecule has 2 heteroatoms. The van der Waals surface area contributed by atoms with Gasteiger partial charge in [-0.05, 0) is 19.4 Å². The predicted octanol–water partition coefficient (Wildman–Crippen LogP) is 1.19. The average molecular weight is 143 g/mol. The fraction of sp³-hybridized carbons (Fsp3) is 0.750. The molecule has 0 aliphatic heterocycles. The number of hydrogen-bond acceptors (Lipinski definition) is 2. The van der Waals surface area contributed by atoms with E-state index in [1.54, 1.807) is 7.11 Å². The van der Waals surface area contributed by atoms with E-state index in [0.717, 1.165) is 26.1 Å². The van der Waals surface area contributed by atoms with Gasteiger partial charge in [0.15, 0.2) is 0 Å². The van der Waals surface area contributed by atoms with Crippen molar-refractivity contribution in [1.82, 2.24) is 5.32 Å². The van der Waals surface area contributed by atoms with Crippen LogP contribution in [-0.4, -0.2) is 26.8 Å². The highest BCUT2D eigenvalue weighted by Gasteiger charge is 1.85. The van der Waals surface area contributed by atoms with E-state index in [0.29, 0.717) is 0 Å². The van der Waals surface area contributed by atoms with Crippen LogP contribution in [0.25, 0.3) is 0 Å². The fourth-order valence-electron chi connectivity index (χ4n) is 0.701. The monoisotopic (exact) mass is 143 g/mol. The molecule has 2 nitrogen and oxygen atoms in total. The summed E-state index contributed by atoms with van der Waals surface area (Å²) in [5.74, 6) is 0. The molecule has 60 valence electrons. The summed E-state index contributed by atoms with van der Waals surface area (Å²) in [6.45, 7) is 6.45. The van der Waals surface area contributed by atoms with Crippen LogP contribution in [0.2, 0.25) is 0 Å². The summed E-state index contributed by atoms with van der Waals surface area (Å²) < 4.78 is 4.90. The highest BCUT2D eigenvalue weighted by atomic mass is 16.5. The summed E-state index contributed by atoms with van der Waals surface area (Å²) in [7, 11) is 1.73. The van der Waals surface area contributed by atoms with Crippen molar-refractivity contribution in [3.8, 4) is 0 Å². The summed E-state index contributed by atoms with van der Waals surface area (Å²) >= 11 is 0. The second-order valence-electron chi connectivity index (χ2n) is 2.19. The second kappa shape index (κ2) is 8.66. The van der Waals surface area contributed by atoms with Gasteiger partial charge in [-0.3, -0.25) is 0 Å². The van der Waals surface area contributed by atoms with Crippen LogP contribution >= 0.6 is 0 Å². The number of nitrogens with one attached hydrogen (secondary N) is 1. The molecule has 0 saturated heterocycles. The molecule has 0 rings (SSSR count). The quantitative estimate of drug-likeness (QED) is 0.427. The van der Waals surface area contributed by atoms with E-state index in [9.17, 15) is 0 Å². The predicted molar refractivity (Wildman–Crippen MR) is 44.2 cm³/mol. The maximum absolute atomic E-state index is 4.90. The molecule has 0 amide bonds.